The summed E-state index contributed by atoms with van der Waals surface area (Å²) in [4.78, 5) is 4.86. The first-order valence-corrected chi connectivity index (χ1v) is 7.93. The van der Waals surface area contributed by atoms with E-state index in [9.17, 15) is 0 Å². The van der Waals surface area contributed by atoms with E-state index in [0.717, 1.165) is 23.5 Å². The second-order valence-corrected chi connectivity index (χ2v) is 5.90. The number of benzene rings is 2. The predicted octanol–water partition coefficient (Wildman–Crippen LogP) is 5.23. The molecule has 0 fully saturated rings. The Hall–Kier alpha value is -2.35. The molecule has 0 unspecified atom stereocenters. The highest BCUT2D eigenvalue weighted by Gasteiger charge is 2.13. The smallest absolute Gasteiger partial charge is 0.116 e. The molecule has 0 bridgehead atoms. The van der Waals surface area contributed by atoms with Gasteiger partial charge < -0.3 is 4.57 Å². The molecule has 0 aliphatic rings. The molecule has 0 saturated heterocycles. The zero-order valence-corrected chi connectivity index (χ0v) is 13.5. The van der Waals surface area contributed by atoms with Crippen molar-refractivity contribution in [3.8, 4) is 16.9 Å². The van der Waals surface area contributed by atoms with Crippen LogP contribution < -0.4 is 0 Å². The quantitative estimate of drug-likeness (QED) is 0.643. The number of nitrogens with zero attached hydrogens (tertiary/aromatic N) is 2. The highest BCUT2D eigenvalue weighted by molar-refractivity contribution is 5.59. The van der Waals surface area contributed by atoms with Crippen LogP contribution in [0.2, 0.25) is 0 Å². The largest absolute Gasteiger partial charge is 0.303 e. The van der Waals surface area contributed by atoms with E-state index in [-0.39, 0.29) is 0 Å². The molecule has 0 spiro atoms. The Bertz CT molecular complexity index is 737. The second kappa shape index (κ2) is 6.18. The minimum absolute atomic E-state index is 0.378. The average Bonchev–Trinajstić information content (AvgIpc) is 3.01. The molecule has 2 nitrogen and oxygen atoms in total. The molecule has 3 rings (SSSR count). The number of rotatable bonds is 4. The first-order valence-electron chi connectivity index (χ1n) is 7.93. The van der Waals surface area contributed by atoms with E-state index in [4.69, 9.17) is 4.98 Å². The molecular formula is C20H22N2. The molecule has 0 atom stereocenters. The lowest BCUT2D eigenvalue weighted by molar-refractivity contribution is 0.752. The van der Waals surface area contributed by atoms with Crippen molar-refractivity contribution in [2.24, 2.45) is 0 Å². The van der Waals surface area contributed by atoms with Gasteiger partial charge in [-0.15, -0.1) is 0 Å². The Balaban J connectivity index is 2.07. The third kappa shape index (κ3) is 2.82. The van der Waals surface area contributed by atoms with Crippen LogP contribution in [0.3, 0.4) is 0 Å². The molecule has 2 heteroatoms. The first kappa shape index (κ1) is 14.6. The topological polar surface area (TPSA) is 17.8 Å². The van der Waals surface area contributed by atoms with Crippen molar-refractivity contribution < 1.29 is 0 Å². The van der Waals surface area contributed by atoms with Gasteiger partial charge in [-0.2, -0.15) is 0 Å². The van der Waals surface area contributed by atoms with Gasteiger partial charge in [-0.05, 0) is 24.1 Å². The van der Waals surface area contributed by atoms with E-state index in [1.165, 1.54) is 11.3 Å². The first-order chi connectivity index (χ1) is 10.7. The monoisotopic (exact) mass is 290 g/mol. The molecule has 0 saturated carbocycles. The van der Waals surface area contributed by atoms with E-state index >= 15 is 0 Å². The highest BCUT2D eigenvalue weighted by Crippen LogP contribution is 2.25. The lowest BCUT2D eigenvalue weighted by atomic mass is 10.1. The van der Waals surface area contributed by atoms with Crippen LogP contribution in [0, 0.1) is 0 Å². The van der Waals surface area contributed by atoms with Crippen LogP contribution in [-0.2, 0) is 6.42 Å². The average molecular weight is 290 g/mol. The number of hydrogen-bond donors (Lipinski definition) is 0. The third-order valence-corrected chi connectivity index (χ3v) is 3.94. The summed E-state index contributed by atoms with van der Waals surface area (Å²) in [6, 6.07) is 19.1. The van der Waals surface area contributed by atoms with E-state index in [1.54, 1.807) is 0 Å². The molecular weight excluding hydrogens is 268 g/mol. The zero-order valence-electron chi connectivity index (χ0n) is 13.5. The molecule has 1 aromatic heterocycles. The van der Waals surface area contributed by atoms with Crippen molar-refractivity contribution in [1.82, 2.24) is 9.55 Å². The van der Waals surface area contributed by atoms with Crippen molar-refractivity contribution in [3.63, 3.8) is 0 Å². The maximum Gasteiger partial charge on any atom is 0.116 e. The SMILES string of the molecule is CCc1ccc(-n2cc(-c3ccccc3)nc2C(C)C)cc1. The summed E-state index contributed by atoms with van der Waals surface area (Å²) in [5, 5.41) is 0. The van der Waals surface area contributed by atoms with Gasteiger partial charge in [0.15, 0.2) is 0 Å². The van der Waals surface area contributed by atoms with Gasteiger partial charge in [0.25, 0.3) is 0 Å². The molecule has 112 valence electrons. The lowest BCUT2D eigenvalue weighted by Crippen LogP contribution is -2.02. The van der Waals surface area contributed by atoms with Crippen molar-refractivity contribution >= 4 is 0 Å². The van der Waals surface area contributed by atoms with E-state index < -0.39 is 0 Å². The summed E-state index contributed by atoms with van der Waals surface area (Å²) in [5.41, 5.74) is 4.73. The minimum atomic E-state index is 0.378. The van der Waals surface area contributed by atoms with Gasteiger partial charge in [0.2, 0.25) is 0 Å². The number of aryl methyl sites for hydroxylation is 1. The molecule has 0 amide bonds. The molecule has 0 N–H and O–H groups in total. The molecule has 0 aliphatic heterocycles. The van der Waals surface area contributed by atoms with Gasteiger partial charge in [-0.3, -0.25) is 0 Å². The fourth-order valence-electron chi connectivity index (χ4n) is 2.65. The number of hydrogen-bond acceptors (Lipinski definition) is 1. The second-order valence-electron chi connectivity index (χ2n) is 5.90. The van der Waals surface area contributed by atoms with E-state index in [2.05, 4.69) is 80.1 Å². The molecule has 1 heterocycles. The normalized spacial score (nSPS) is 11.1. The van der Waals surface area contributed by atoms with Gasteiger partial charge in [0.05, 0.1) is 5.69 Å². The maximum atomic E-state index is 4.86. The Labute approximate surface area is 132 Å². The molecule has 3 aromatic rings. The minimum Gasteiger partial charge on any atom is -0.303 e. The summed E-state index contributed by atoms with van der Waals surface area (Å²) >= 11 is 0. The van der Waals surface area contributed by atoms with Gasteiger partial charge in [-0.25, -0.2) is 4.98 Å². The summed E-state index contributed by atoms with van der Waals surface area (Å²) in [6.07, 6.45) is 3.21. The van der Waals surface area contributed by atoms with Crippen LogP contribution in [0.15, 0.2) is 60.8 Å². The summed E-state index contributed by atoms with van der Waals surface area (Å²) in [6.45, 7) is 6.56. The standard InChI is InChI=1S/C20H22N2/c1-4-16-10-12-18(13-11-16)22-14-19(21-20(22)15(2)3)17-8-6-5-7-9-17/h5-15H,4H2,1-3H3. The highest BCUT2D eigenvalue weighted by atomic mass is 15.1. The van der Waals surface area contributed by atoms with Crippen LogP contribution >= 0.6 is 0 Å². The summed E-state index contributed by atoms with van der Waals surface area (Å²) in [5.74, 6) is 1.48. The van der Waals surface area contributed by atoms with Gasteiger partial charge in [-0.1, -0.05) is 63.2 Å². The predicted molar refractivity (Wildman–Crippen MR) is 92.5 cm³/mol. The van der Waals surface area contributed by atoms with Crippen LogP contribution in [0.5, 0.6) is 0 Å². The van der Waals surface area contributed by atoms with Gasteiger partial charge >= 0.3 is 0 Å². The van der Waals surface area contributed by atoms with Crippen molar-refractivity contribution in [2.75, 3.05) is 0 Å². The fraction of sp³-hybridized carbons (Fsp3) is 0.250. The number of imidazole rings is 1. The third-order valence-electron chi connectivity index (χ3n) is 3.94. The Kier molecular flexibility index (Phi) is 4.10. The molecule has 2 aromatic carbocycles. The maximum absolute atomic E-state index is 4.86. The van der Waals surface area contributed by atoms with Crippen LogP contribution in [0.25, 0.3) is 16.9 Å². The molecule has 22 heavy (non-hydrogen) atoms. The summed E-state index contributed by atoms with van der Waals surface area (Å²) < 4.78 is 2.21. The van der Waals surface area contributed by atoms with E-state index in [0.29, 0.717) is 5.92 Å². The molecule has 0 aliphatic carbocycles. The van der Waals surface area contributed by atoms with Crippen molar-refractivity contribution in [3.05, 3.63) is 72.2 Å². The Morgan fingerprint density at radius 3 is 2.23 bits per heavy atom. The summed E-state index contributed by atoms with van der Waals surface area (Å²) in [7, 11) is 0. The van der Waals surface area contributed by atoms with Crippen molar-refractivity contribution in [2.45, 2.75) is 33.1 Å². The lowest BCUT2D eigenvalue weighted by Gasteiger charge is -2.10. The zero-order chi connectivity index (χ0) is 15.5. The molecule has 0 radical (unpaired) electrons. The van der Waals surface area contributed by atoms with Crippen LogP contribution in [-0.4, -0.2) is 9.55 Å². The van der Waals surface area contributed by atoms with Crippen molar-refractivity contribution in [1.29, 1.82) is 0 Å². The van der Waals surface area contributed by atoms with E-state index in [1.807, 2.05) is 6.07 Å². The van der Waals surface area contributed by atoms with Gasteiger partial charge in [0.1, 0.15) is 5.82 Å². The van der Waals surface area contributed by atoms with Crippen LogP contribution in [0.4, 0.5) is 0 Å². The van der Waals surface area contributed by atoms with Crippen LogP contribution in [0.1, 0.15) is 38.1 Å². The Morgan fingerprint density at radius 2 is 1.64 bits per heavy atom. The number of aromatic nitrogens is 2. The van der Waals surface area contributed by atoms with Gasteiger partial charge in [0, 0.05) is 23.4 Å². The Morgan fingerprint density at radius 1 is 0.955 bits per heavy atom. The fourth-order valence-corrected chi connectivity index (χ4v) is 2.65.